The predicted octanol–water partition coefficient (Wildman–Crippen LogP) is 19.6. The summed E-state index contributed by atoms with van der Waals surface area (Å²) in [5, 5.41) is 0. The molecule has 0 amide bonds. The highest BCUT2D eigenvalue weighted by molar-refractivity contribution is 7.47. The van der Waals surface area contributed by atoms with Gasteiger partial charge in [0.2, 0.25) is 0 Å². The molecule has 0 aliphatic heterocycles. The maximum absolute atomic E-state index is 12.8. The SMILES string of the molecule is CC/C=C\C/C=C\C/C=C\C/C=C\C/C=C\C/C=C\C/C=C\C/C=C\C/C=C\C/C=C\C/C=C\C/C=C\CCCCCCC(=O)OC(COC(=O)CCCCCCC/C=C\C/C=C\C/C=C\CC)COP(=O)(O)OCC[N+](C)(C)C. The van der Waals surface area contributed by atoms with Crippen molar-refractivity contribution in [2.45, 2.75) is 200 Å². The number of carbonyl (C=O) groups is 2. The molecule has 0 fully saturated rings. The van der Waals surface area contributed by atoms with Gasteiger partial charge in [0.15, 0.2) is 6.10 Å². The van der Waals surface area contributed by atoms with E-state index in [4.69, 9.17) is 18.5 Å². The lowest BCUT2D eigenvalue weighted by Crippen LogP contribution is -2.37. The largest absolute Gasteiger partial charge is 0.472 e. The van der Waals surface area contributed by atoms with E-state index >= 15 is 0 Å². The number of rotatable bonds is 53. The Hall–Kier alpha value is -4.89. The van der Waals surface area contributed by atoms with E-state index in [1.54, 1.807) is 0 Å². The average Bonchev–Trinajstić information content (AvgIpc) is 3.42. The van der Waals surface area contributed by atoms with Gasteiger partial charge in [-0.3, -0.25) is 18.6 Å². The summed E-state index contributed by atoms with van der Waals surface area (Å²) in [6.07, 6.45) is 91.2. The van der Waals surface area contributed by atoms with Crippen LogP contribution in [0.2, 0.25) is 0 Å². The highest BCUT2D eigenvalue weighted by Gasteiger charge is 2.27. The topological polar surface area (TPSA) is 108 Å². The fourth-order valence-corrected chi connectivity index (χ4v) is 8.04. The first-order valence-corrected chi connectivity index (χ1v) is 32.0. The van der Waals surface area contributed by atoms with E-state index < -0.39 is 32.5 Å². The van der Waals surface area contributed by atoms with Crippen molar-refractivity contribution in [3.63, 3.8) is 0 Å². The van der Waals surface area contributed by atoms with Gasteiger partial charge in [-0.2, -0.15) is 0 Å². The number of unbranched alkanes of at least 4 members (excludes halogenated alkanes) is 9. The third-order valence-electron chi connectivity index (χ3n) is 11.9. The second-order valence-electron chi connectivity index (χ2n) is 20.6. The Balaban J connectivity index is 4.21. The first kappa shape index (κ1) is 75.1. The number of hydrogen-bond donors (Lipinski definition) is 1. The monoisotopic (exact) mass is 1120 g/mol. The number of phosphoric ester groups is 1. The van der Waals surface area contributed by atoms with Crippen molar-refractivity contribution in [1.29, 1.82) is 0 Å². The summed E-state index contributed by atoms with van der Waals surface area (Å²) in [6.45, 7) is 4.11. The highest BCUT2D eigenvalue weighted by Crippen LogP contribution is 2.43. The smallest absolute Gasteiger partial charge is 0.462 e. The quantitative estimate of drug-likeness (QED) is 0.0211. The molecule has 0 saturated carbocycles. The van der Waals surface area contributed by atoms with Crippen LogP contribution in [-0.4, -0.2) is 74.9 Å². The standard InChI is InChI=1S/C70H110NO8P/c1-6-8-10-12-14-16-18-20-22-23-24-25-26-27-28-29-30-31-32-33-34-35-36-37-38-39-40-41-42-43-44-45-46-47-49-51-53-55-57-59-61-63-70(73)79-68(67-78-80(74,75)77-65-64-71(3,4)5)66-76-69(72)62-60-58-56-54-52-50-48-21-19-17-15-13-11-9-7-2/h8-11,14-17,20-22,24-25,27-28,30-31,33-34,36-37,39-40,42-43,45-46,48-49,51,68H,6-7,12-13,18-19,23,26,29,32,35,38,41,44,47,50,52-67H2,1-5H3/p+1/b10-8-,11-9-,16-14-,17-15-,22-20-,25-24-,28-27-,31-30-,34-33-,37-36-,40-39-,43-42-,46-45-,48-21-,51-49-. The lowest BCUT2D eigenvalue weighted by atomic mass is 10.1. The number of quaternary nitrogens is 1. The van der Waals surface area contributed by atoms with Crippen LogP contribution in [0.5, 0.6) is 0 Å². The zero-order valence-corrected chi connectivity index (χ0v) is 51.6. The number of phosphoric acid groups is 1. The average molecular weight is 1130 g/mol. The molecule has 10 heteroatoms. The van der Waals surface area contributed by atoms with Gasteiger partial charge in [0.1, 0.15) is 19.8 Å². The molecule has 0 radical (unpaired) electrons. The minimum Gasteiger partial charge on any atom is -0.462 e. The Morgan fingerprint density at radius 1 is 0.388 bits per heavy atom. The summed E-state index contributed by atoms with van der Waals surface area (Å²) in [5.74, 6) is -0.864. The van der Waals surface area contributed by atoms with E-state index in [0.717, 1.165) is 154 Å². The number of carbonyl (C=O) groups excluding carboxylic acids is 2. The van der Waals surface area contributed by atoms with Crippen molar-refractivity contribution in [1.82, 2.24) is 0 Å². The van der Waals surface area contributed by atoms with Gasteiger partial charge in [0.05, 0.1) is 27.7 Å². The van der Waals surface area contributed by atoms with E-state index in [0.29, 0.717) is 23.9 Å². The third kappa shape index (κ3) is 62.3. The Bertz CT molecular complexity index is 2000. The fraction of sp³-hybridized carbons (Fsp3) is 0.543. The van der Waals surface area contributed by atoms with E-state index in [9.17, 15) is 19.0 Å². The zero-order valence-electron chi connectivity index (χ0n) is 50.7. The number of nitrogens with zero attached hydrogens (tertiary/aromatic N) is 1. The van der Waals surface area contributed by atoms with Crippen LogP contribution >= 0.6 is 7.82 Å². The molecule has 0 aliphatic carbocycles. The van der Waals surface area contributed by atoms with Gasteiger partial charge in [-0.05, 0) is 135 Å². The fourth-order valence-electron chi connectivity index (χ4n) is 7.30. The highest BCUT2D eigenvalue weighted by atomic mass is 31.2. The summed E-state index contributed by atoms with van der Waals surface area (Å²) >= 11 is 0. The van der Waals surface area contributed by atoms with E-state index in [-0.39, 0.29) is 26.1 Å². The Kier molecular flexibility index (Phi) is 55.2. The molecule has 0 rings (SSSR count). The number of hydrogen-bond acceptors (Lipinski definition) is 7. The molecule has 448 valence electrons. The molecule has 9 nitrogen and oxygen atoms in total. The molecule has 0 bridgehead atoms. The molecule has 0 aliphatic rings. The maximum atomic E-state index is 12.8. The first-order chi connectivity index (χ1) is 39.0. The van der Waals surface area contributed by atoms with Gasteiger partial charge in [-0.1, -0.05) is 228 Å². The Morgan fingerprint density at radius 3 is 1.00 bits per heavy atom. The minimum atomic E-state index is -4.41. The van der Waals surface area contributed by atoms with Crippen LogP contribution in [0.1, 0.15) is 194 Å². The van der Waals surface area contributed by atoms with Crippen LogP contribution in [0.4, 0.5) is 0 Å². The van der Waals surface area contributed by atoms with Gasteiger partial charge >= 0.3 is 19.8 Å². The van der Waals surface area contributed by atoms with E-state index in [1.165, 1.54) is 0 Å². The van der Waals surface area contributed by atoms with Crippen molar-refractivity contribution in [3.05, 3.63) is 182 Å². The normalized spacial score (nSPS) is 14.5. The number of esters is 2. The molecular weight excluding hydrogens is 1010 g/mol. The van der Waals surface area contributed by atoms with Crippen molar-refractivity contribution >= 4 is 19.8 Å². The second-order valence-corrected chi connectivity index (χ2v) is 22.1. The molecule has 80 heavy (non-hydrogen) atoms. The Morgan fingerprint density at radius 2 is 0.675 bits per heavy atom. The number of likely N-dealkylation sites (N-methyl/N-ethyl adjacent to an activating group) is 1. The molecule has 0 aromatic heterocycles. The summed E-state index contributed by atoms with van der Waals surface area (Å²) in [4.78, 5) is 35.6. The van der Waals surface area contributed by atoms with Gasteiger partial charge < -0.3 is 18.9 Å². The maximum Gasteiger partial charge on any atom is 0.472 e. The molecule has 1 N–H and O–H groups in total. The van der Waals surface area contributed by atoms with Crippen molar-refractivity contribution in [3.8, 4) is 0 Å². The van der Waals surface area contributed by atoms with Crippen molar-refractivity contribution in [2.75, 3.05) is 47.5 Å². The molecule has 0 aromatic rings. The number of ether oxygens (including phenoxy) is 2. The van der Waals surface area contributed by atoms with Crippen LogP contribution in [0.15, 0.2) is 182 Å². The number of allylic oxidation sites excluding steroid dienone is 30. The molecule has 2 atom stereocenters. The van der Waals surface area contributed by atoms with Crippen LogP contribution in [0.3, 0.4) is 0 Å². The molecule has 0 spiro atoms. The third-order valence-corrected chi connectivity index (χ3v) is 12.9. The molecule has 2 unspecified atom stereocenters. The van der Waals surface area contributed by atoms with Gasteiger partial charge in [0, 0.05) is 12.8 Å². The van der Waals surface area contributed by atoms with Gasteiger partial charge in [-0.15, -0.1) is 0 Å². The van der Waals surface area contributed by atoms with Crippen LogP contribution < -0.4 is 0 Å². The van der Waals surface area contributed by atoms with Crippen molar-refractivity contribution in [2.24, 2.45) is 0 Å². The lowest BCUT2D eigenvalue weighted by molar-refractivity contribution is -0.870. The molecular formula is C70H111NO8P+. The van der Waals surface area contributed by atoms with E-state index in [1.807, 2.05) is 21.1 Å². The second kappa shape index (κ2) is 58.8. The van der Waals surface area contributed by atoms with Crippen LogP contribution in [-0.2, 0) is 32.7 Å². The van der Waals surface area contributed by atoms with Gasteiger partial charge in [0.25, 0.3) is 0 Å². The molecule has 0 aromatic carbocycles. The minimum absolute atomic E-state index is 0.0129. The Labute approximate surface area is 489 Å². The van der Waals surface area contributed by atoms with Crippen molar-refractivity contribution < 1.29 is 42.1 Å². The summed E-state index contributed by atoms with van der Waals surface area (Å²) in [6, 6.07) is 0. The molecule has 0 heterocycles. The predicted molar refractivity (Wildman–Crippen MR) is 343 cm³/mol. The van der Waals surface area contributed by atoms with Crippen LogP contribution in [0, 0.1) is 0 Å². The molecule has 0 saturated heterocycles. The van der Waals surface area contributed by atoms with E-state index in [2.05, 4.69) is 196 Å². The summed E-state index contributed by atoms with van der Waals surface area (Å²) < 4.78 is 34.5. The first-order valence-electron chi connectivity index (χ1n) is 30.5. The summed E-state index contributed by atoms with van der Waals surface area (Å²) in [5.41, 5.74) is 0. The van der Waals surface area contributed by atoms with Gasteiger partial charge in [-0.25, -0.2) is 4.57 Å². The lowest BCUT2D eigenvalue weighted by Gasteiger charge is -2.24. The van der Waals surface area contributed by atoms with Crippen LogP contribution in [0.25, 0.3) is 0 Å². The summed E-state index contributed by atoms with van der Waals surface area (Å²) in [7, 11) is 1.42. The zero-order chi connectivity index (χ0) is 58.4.